The van der Waals surface area contributed by atoms with Gasteiger partial charge in [-0.1, -0.05) is 84.1 Å². The molecule has 1 aromatic carbocycles. The molecule has 2 heteroatoms. The molecule has 1 heterocycles. The maximum Gasteiger partial charge on any atom is 0.119 e. The third-order valence-electron chi connectivity index (χ3n) is 7.21. The molecule has 1 aliphatic carbocycles. The molecule has 2 nitrogen and oxygen atoms in total. The van der Waals surface area contributed by atoms with Crippen molar-refractivity contribution in [1.29, 1.82) is 0 Å². The second-order valence-electron chi connectivity index (χ2n) is 9.93. The van der Waals surface area contributed by atoms with Crippen LogP contribution in [0.15, 0.2) is 42.6 Å². The minimum absolute atomic E-state index is 0.730. The van der Waals surface area contributed by atoms with E-state index < -0.39 is 0 Å². The molecule has 0 radical (unpaired) electrons. The van der Waals surface area contributed by atoms with Crippen molar-refractivity contribution in [2.45, 2.75) is 104 Å². The fourth-order valence-electron chi connectivity index (χ4n) is 4.98. The van der Waals surface area contributed by atoms with Gasteiger partial charge in [-0.3, -0.25) is 4.98 Å². The van der Waals surface area contributed by atoms with Crippen molar-refractivity contribution in [2.75, 3.05) is 6.61 Å². The molecule has 1 saturated carbocycles. The summed E-state index contributed by atoms with van der Waals surface area (Å²) in [7, 11) is 0. The van der Waals surface area contributed by atoms with Crippen LogP contribution in [0.4, 0.5) is 0 Å². The molecule has 0 saturated heterocycles. The van der Waals surface area contributed by atoms with E-state index in [0.717, 1.165) is 36.3 Å². The number of nitrogens with zero attached hydrogens (tertiary/aromatic N) is 1. The van der Waals surface area contributed by atoms with Crippen LogP contribution in [-0.4, -0.2) is 11.6 Å². The van der Waals surface area contributed by atoms with Crippen LogP contribution >= 0.6 is 0 Å². The summed E-state index contributed by atoms with van der Waals surface area (Å²) in [5.74, 6) is 2.69. The van der Waals surface area contributed by atoms with Gasteiger partial charge in [0.25, 0.3) is 0 Å². The Kier molecular flexibility index (Phi) is 11.1. The number of hydrogen-bond acceptors (Lipinski definition) is 2. The molecule has 0 atom stereocenters. The van der Waals surface area contributed by atoms with E-state index in [4.69, 9.17) is 9.72 Å². The molecule has 3 rings (SSSR count). The molecule has 0 aliphatic heterocycles. The Balaban J connectivity index is 1.38. The normalized spacial score (nSPS) is 18.6. The first-order chi connectivity index (χ1) is 15.8. The van der Waals surface area contributed by atoms with E-state index >= 15 is 0 Å². The van der Waals surface area contributed by atoms with Gasteiger partial charge in [0.05, 0.1) is 12.3 Å². The lowest BCUT2D eigenvalue weighted by Gasteiger charge is -2.28. The Labute approximate surface area is 197 Å². The third kappa shape index (κ3) is 8.60. The quantitative estimate of drug-likeness (QED) is 0.276. The minimum Gasteiger partial charge on any atom is -0.493 e. The Morgan fingerprint density at radius 2 is 1.44 bits per heavy atom. The molecule has 0 spiro atoms. The van der Waals surface area contributed by atoms with E-state index in [1.165, 1.54) is 94.6 Å². The van der Waals surface area contributed by atoms with Crippen LogP contribution in [-0.2, 0) is 6.42 Å². The number of benzene rings is 1. The molecule has 1 aliphatic rings. The van der Waals surface area contributed by atoms with Gasteiger partial charge in [0, 0.05) is 11.8 Å². The second-order valence-corrected chi connectivity index (χ2v) is 9.93. The summed E-state index contributed by atoms with van der Waals surface area (Å²) in [4.78, 5) is 4.71. The fourth-order valence-corrected chi connectivity index (χ4v) is 4.98. The van der Waals surface area contributed by atoms with Crippen molar-refractivity contribution in [3.63, 3.8) is 0 Å². The van der Waals surface area contributed by atoms with Crippen LogP contribution in [0.2, 0.25) is 0 Å². The van der Waals surface area contributed by atoms with Gasteiger partial charge in [0.15, 0.2) is 0 Å². The molecule has 32 heavy (non-hydrogen) atoms. The largest absolute Gasteiger partial charge is 0.493 e. The zero-order valence-corrected chi connectivity index (χ0v) is 20.7. The first-order valence-electron chi connectivity index (χ1n) is 13.5. The highest BCUT2D eigenvalue weighted by molar-refractivity contribution is 5.60. The average Bonchev–Trinajstić information content (AvgIpc) is 2.84. The number of unbranched alkanes of at least 4 members (excludes halogenated alkanes) is 6. The fraction of sp³-hybridized carbons (Fsp3) is 0.633. The number of rotatable bonds is 14. The monoisotopic (exact) mass is 435 g/mol. The highest BCUT2D eigenvalue weighted by Gasteiger charge is 2.21. The Morgan fingerprint density at radius 3 is 2.12 bits per heavy atom. The lowest BCUT2D eigenvalue weighted by molar-refractivity contribution is 0.177. The van der Waals surface area contributed by atoms with Gasteiger partial charge in [-0.2, -0.15) is 0 Å². The zero-order chi connectivity index (χ0) is 22.4. The van der Waals surface area contributed by atoms with Crippen molar-refractivity contribution >= 4 is 0 Å². The standard InChI is InChI=1S/C30H45NO/c1-3-5-7-8-10-12-26-17-22-30(31-23-26)28-18-20-29(21-19-28)32-24-27-15-13-25(14-16-27)11-9-6-4-2/h17-23,25,27H,3-16,24H2,1-2H3. The van der Waals surface area contributed by atoms with Gasteiger partial charge in [0.1, 0.15) is 5.75 Å². The van der Waals surface area contributed by atoms with Gasteiger partial charge in [-0.15, -0.1) is 0 Å². The van der Waals surface area contributed by atoms with E-state index in [2.05, 4.69) is 56.4 Å². The van der Waals surface area contributed by atoms with Gasteiger partial charge in [0.2, 0.25) is 0 Å². The van der Waals surface area contributed by atoms with Gasteiger partial charge in [-0.05, 0) is 73.4 Å². The van der Waals surface area contributed by atoms with E-state index in [9.17, 15) is 0 Å². The highest BCUT2D eigenvalue weighted by atomic mass is 16.5. The van der Waals surface area contributed by atoms with Crippen molar-refractivity contribution in [2.24, 2.45) is 11.8 Å². The summed E-state index contributed by atoms with van der Waals surface area (Å²) < 4.78 is 6.14. The molecule has 0 N–H and O–H groups in total. The van der Waals surface area contributed by atoms with Crippen molar-refractivity contribution < 1.29 is 4.74 Å². The first kappa shape index (κ1) is 24.8. The van der Waals surface area contributed by atoms with E-state index in [1.54, 1.807) is 0 Å². The summed E-state index contributed by atoms with van der Waals surface area (Å²) in [5, 5.41) is 0. The molecular formula is C30H45NO. The number of ether oxygens (including phenoxy) is 1. The number of aromatic nitrogens is 1. The maximum atomic E-state index is 6.14. The number of pyridine rings is 1. The van der Waals surface area contributed by atoms with Gasteiger partial charge < -0.3 is 4.74 Å². The average molecular weight is 436 g/mol. The lowest BCUT2D eigenvalue weighted by atomic mass is 9.80. The highest BCUT2D eigenvalue weighted by Crippen LogP contribution is 2.32. The van der Waals surface area contributed by atoms with Crippen molar-refractivity contribution in [3.05, 3.63) is 48.2 Å². The first-order valence-corrected chi connectivity index (χ1v) is 13.5. The number of hydrogen-bond donors (Lipinski definition) is 0. The van der Waals surface area contributed by atoms with E-state index in [1.807, 2.05) is 0 Å². The SMILES string of the molecule is CCCCCCCc1ccc(-c2ccc(OCC3CCC(CCCCC)CC3)cc2)nc1. The summed E-state index contributed by atoms with van der Waals surface area (Å²) >= 11 is 0. The molecule has 1 fully saturated rings. The topological polar surface area (TPSA) is 22.1 Å². The van der Waals surface area contributed by atoms with Crippen LogP contribution in [0.3, 0.4) is 0 Å². The predicted octanol–water partition coefficient (Wildman–Crippen LogP) is 9.03. The summed E-state index contributed by atoms with van der Waals surface area (Å²) in [5.41, 5.74) is 3.57. The van der Waals surface area contributed by atoms with Crippen molar-refractivity contribution in [3.8, 4) is 17.0 Å². The molecule has 176 valence electrons. The van der Waals surface area contributed by atoms with Crippen LogP contribution in [0, 0.1) is 11.8 Å². The Hall–Kier alpha value is -1.83. The van der Waals surface area contributed by atoms with Crippen LogP contribution in [0.5, 0.6) is 5.75 Å². The number of aryl methyl sites for hydroxylation is 1. The Bertz CT molecular complexity index is 728. The predicted molar refractivity (Wildman–Crippen MR) is 137 cm³/mol. The summed E-state index contributed by atoms with van der Waals surface area (Å²) in [6.45, 7) is 5.43. The summed E-state index contributed by atoms with van der Waals surface area (Å²) in [6.07, 6.45) is 20.9. The van der Waals surface area contributed by atoms with E-state index in [0.29, 0.717) is 0 Å². The molecule has 0 bridgehead atoms. The third-order valence-corrected chi connectivity index (χ3v) is 7.21. The second kappa shape index (κ2) is 14.3. The molecule has 0 amide bonds. The maximum absolute atomic E-state index is 6.14. The lowest BCUT2D eigenvalue weighted by Crippen LogP contribution is -2.20. The molecule has 2 aromatic rings. The molecule has 1 aromatic heterocycles. The van der Waals surface area contributed by atoms with Crippen LogP contribution in [0.1, 0.15) is 103 Å². The van der Waals surface area contributed by atoms with Crippen LogP contribution in [0.25, 0.3) is 11.3 Å². The smallest absolute Gasteiger partial charge is 0.119 e. The van der Waals surface area contributed by atoms with E-state index in [-0.39, 0.29) is 0 Å². The van der Waals surface area contributed by atoms with Crippen molar-refractivity contribution in [1.82, 2.24) is 4.98 Å². The Morgan fingerprint density at radius 1 is 0.750 bits per heavy atom. The summed E-state index contributed by atoms with van der Waals surface area (Å²) in [6, 6.07) is 12.9. The zero-order valence-electron chi connectivity index (χ0n) is 20.7. The van der Waals surface area contributed by atoms with Gasteiger partial charge in [-0.25, -0.2) is 0 Å². The van der Waals surface area contributed by atoms with Crippen LogP contribution < -0.4 is 4.74 Å². The molecule has 0 unspecified atom stereocenters. The molecular weight excluding hydrogens is 390 g/mol. The minimum atomic E-state index is 0.730. The van der Waals surface area contributed by atoms with Gasteiger partial charge >= 0.3 is 0 Å².